The molecule has 0 spiro atoms. The molecule has 1 fully saturated rings. The first kappa shape index (κ1) is 15.6. The van der Waals surface area contributed by atoms with Crippen molar-refractivity contribution in [1.29, 1.82) is 0 Å². The van der Waals surface area contributed by atoms with Crippen molar-refractivity contribution in [3.8, 4) is 0 Å². The maximum absolute atomic E-state index is 12.6. The molecule has 1 aliphatic heterocycles. The number of ether oxygens (including phenoxy) is 1. The van der Waals surface area contributed by atoms with Gasteiger partial charge in [-0.25, -0.2) is 8.42 Å². The van der Waals surface area contributed by atoms with Gasteiger partial charge in [-0.2, -0.15) is 4.31 Å². The molecule has 0 aliphatic carbocycles. The van der Waals surface area contributed by atoms with E-state index in [-0.39, 0.29) is 16.7 Å². The minimum atomic E-state index is -3.54. The molecule has 0 bridgehead atoms. The summed E-state index contributed by atoms with van der Waals surface area (Å²) < 4.78 is 32.1. The van der Waals surface area contributed by atoms with E-state index in [1.807, 2.05) is 6.92 Å². The predicted octanol–water partition coefficient (Wildman–Crippen LogP) is 2.11. The van der Waals surface area contributed by atoms with Gasteiger partial charge in [0.05, 0.1) is 21.7 Å². The Morgan fingerprint density at radius 1 is 1.50 bits per heavy atom. The molecule has 0 amide bonds. The van der Waals surface area contributed by atoms with Crippen LogP contribution in [0.4, 0.5) is 5.69 Å². The lowest BCUT2D eigenvalue weighted by molar-refractivity contribution is 0.0265. The minimum Gasteiger partial charge on any atom is -0.397 e. The number of halogens is 1. The van der Waals surface area contributed by atoms with Crippen LogP contribution in [-0.4, -0.2) is 38.5 Å². The van der Waals surface area contributed by atoms with Crippen LogP contribution in [0, 0.1) is 0 Å². The van der Waals surface area contributed by atoms with Gasteiger partial charge < -0.3 is 10.5 Å². The number of anilines is 1. The van der Waals surface area contributed by atoms with E-state index in [0.29, 0.717) is 24.7 Å². The summed E-state index contributed by atoms with van der Waals surface area (Å²) in [4.78, 5) is 0.177. The third-order valence-corrected chi connectivity index (χ3v) is 5.55. The average molecular weight is 319 g/mol. The number of hydrogen-bond donors (Lipinski definition) is 1. The van der Waals surface area contributed by atoms with E-state index < -0.39 is 10.0 Å². The summed E-state index contributed by atoms with van der Waals surface area (Å²) in [6, 6.07) is 4.40. The molecule has 1 saturated heterocycles. The summed E-state index contributed by atoms with van der Waals surface area (Å²) in [6.45, 7) is 3.40. The van der Waals surface area contributed by atoms with Crippen molar-refractivity contribution < 1.29 is 13.2 Å². The van der Waals surface area contributed by atoms with Crippen LogP contribution in [0.15, 0.2) is 23.1 Å². The molecule has 1 atom stereocenters. The van der Waals surface area contributed by atoms with E-state index in [1.165, 1.54) is 22.5 Å². The summed E-state index contributed by atoms with van der Waals surface area (Å²) in [5, 5.41) is 0.356. The van der Waals surface area contributed by atoms with Crippen molar-refractivity contribution in [1.82, 2.24) is 4.31 Å². The number of nitrogen functional groups attached to an aromatic ring is 1. The fraction of sp³-hybridized carbons (Fsp3) is 0.538. The highest BCUT2D eigenvalue weighted by Gasteiger charge is 2.30. The molecule has 1 aromatic carbocycles. The van der Waals surface area contributed by atoms with Gasteiger partial charge in [-0.05, 0) is 38.0 Å². The zero-order valence-electron chi connectivity index (χ0n) is 11.4. The quantitative estimate of drug-likeness (QED) is 0.863. The van der Waals surface area contributed by atoms with Gasteiger partial charge in [0.25, 0.3) is 0 Å². The van der Waals surface area contributed by atoms with Gasteiger partial charge in [0, 0.05) is 19.7 Å². The summed E-state index contributed by atoms with van der Waals surface area (Å²) in [6.07, 6.45) is 1.66. The maximum Gasteiger partial charge on any atom is 0.243 e. The molecule has 7 heteroatoms. The van der Waals surface area contributed by atoms with Gasteiger partial charge in [0.2, 0.25) is 10.0 Å². The smallest absolute Gasteiger partial charge is 0.243 e. The number of hydrogen-bond acceptors (Lipinski definition) is 4. The van der Waals surface area contributed by atoms with Gasteiger partial charge in [0.1, 0.15) is 0 Å². The third-order valence-electron chi connectivity index (χ3n) is 3.35. The highest BCUT2D eigenvalue weighted by molar-refractivity contribution is 7.89. The van der Waals surface area contributed by atoms with Crippen LogP contribution in [0.25, 0.3) is 0 Å². The molecule has 0 saturated carbocycles. The highest BCUT2D eigenvalue weighted by Crippen LogP contribution is 2.26. The average Bonchev–Trinajstić information content (AvgIpc) is 2.42. The Labute approximate surface area is 124 Å². The molecule has 20 heavy (non-hydrogen) atoms. The molecule has 1 aromatic rings. The van der Waals surface area contributed by atoms with Crippen molar-refractivity contribution in [3.63, 3.8) is 0 Å². The van der Waals surface area contributed by atoms with Crippen LogP contribution < -0.4 is 5.73 Å². The molecular weight excluding hydrogens is 300 g/mol. The molecule has 1 aliphatic rings. The zero-order valence-corrected chi connectivity index (χ0v) is 13.0. The topological polar surface area (TPSA) is 72.6 Å². The van der Waals surface area contributed by atoms with Crippen LogP contribution in [0.2, 0.25) is 5.02 Å². The van der Waals surface area contributed by atoms with E-state index in [2.05, 4.69) is 0 Å². The number of sulfonamides is 1. The van der Waals surface area contributed by atoms with Crippen LogP contribution in [0.3, 0.4) is 0 Å². The Hall–Kier alpha value is -0.820. The second-order valence-electron chi connectivity index (χ2n) is 4.77. The molecule has 0 aromatic heterocycles. The molecule has 1 heterocycles. The standard InChI is InChI=1S/C13H19ClN2O3S/c1-2-19-10-4-3-7-16(9-10)20(17,18)11-5-6-12(14)13(15)8-11/h5-6,8,10H,2-4,7,9,15H2,1H3. The summed E-state index contributed by atoms with van der Waals surface area (Å²) in [5.41, 5.74) is 5.95. The molecule has 112 valence electrons. The Bertz CT molecular complexity index is 575. The first-order valence-corrected chi connectivity index (χ1v) is 8.43. The number of piperidine rings is 1. The Kier molecular flexibility index (Phi) is 4.90. The number of benzene rings is 1. The van der Waals surface area contributed by atoms with Crippen molar-refractivity contribution in [2.75, 3.05) is 25.4 Å². The second-order valence-corrected chi connectivity index (χ2v) is 7.11. The molecule has 1 unspecified atom stereocenters. The number of rotatable bonds is 4. The monoisotopic (exact) mass is 318 g/mol. The Morgan fingerprint density at radius 2 is 2.25 bits per heavy atom. The lowest BCUT2D eigenvalue weighted by Crippen LogP contribution is -2.43. The maximum atomic E-state index is 12.6. The predicted molar refractivity (Wildman–Crippen MR) is 79.3 cm³/mol. The largest absolute Gasteiger partial charge is 0.397 e. The van der Waals surface area contributed by atoms with Crippen molar-refractivity contribution in [2.24, 2.45) is 0 Å². The van der Waals surface area contributed by atoms with Gasteiger partial charge in [0.15, 0.2) is 0 Å². The zero-order chi connectivity index (χ0) is 14.8. The molecular formula is C13H19ClN2O3S. The Balaban J connectivity index is 2.23. The van der Waals surface area contributed by atoms with Crippen LogP contribution >= 0.6 is 11.6 Å². The fourth-order valence-electron chi connectivity index (χ4n) is 2.33. The van der Waals surface area contributed by atoms with Crippen molar-refractivity contribution in [3.05, 3.63) is 23.2 Å². The van der Waals surface area contributed by atoms with Gasteiger partial charge >= 0.3 is 0 Å². The van der Waals surface area contributed by atoms with E-state index in [9.17, 15) is 8.42 Å². The van der Waals surface area contributed by atoms with E-state index in [4.69, 9.17) is 22.1 Å². The highest BCUT2D eigenvalue weighted by atomic mass is 35.5. The molecule has 2 rings (SSSR count). The summed E-state index contributed by atoms with van der Waals surface area (Å²) >= 11 is 5.83. The minimum absolute atomic E-state index is 0.0341. The third kappa shape index (κ3) is 3.25. The second kappa shape index (κ2) is 6.30. The van der Waals surface area contributed by atoms with Crippen molar-refractivity contribution in [2.45, 2.75) is 30.8 Å². The first-order chi connectivity index (χ1) is 9.45. The Morgan fingerprint density at radius 3 is 2.90 bits per heavy atom. The van der Waals surface area contributed by atoms with Crippen LogP contribution in [0.5, 0.6) is 0 Å². The molecule has 2 N–H and O–H groups in total. The lowest BCUT2D eigenvalue weighted by Gasteiger charge is -2.31. The van der Waals surface area contributed by atoms with Gasteiger partial charge in [-0.3, -0.25) is 0 Å². The van der Waals surface area contributed by atoms with Crippen LogP contribution in [0.1, 0.15) is 19.8 Å². The lowest BCUT2D eigenvalue weighted by atomic mass is 10.1. The summed E-state index contributed by atoms with van der Waals surface area (Å²) in [5.74, 6) is 0. The fourth-order valence-corrected chi connectivity index (χ4v) is 3.99. The normalized spacial score (nSPS) is 21.0. The van der Waals surface area contributed by atoms with Gasteiger partial charge in [-0.1, -0.05) is 11.6 Å². The van der Waals surface area contributed by atoms with Gasteiger partial charge in [-0.15, -0.1) is 0 Å². The summed E-state index contributed by atoms with van der Waals surface area (Å²) in [7, 11) is -3.54. The molecule has 5 nitrogen and oxygen atoms in total. The number of nitrogens with zero attached hydrogens (tertiary/aromatic N) is 1. The van der Waals surface area contributed by atoms with Crippen LogP contribution in [-0.2, 0) is 14.8 Å². The van der Waals surface area contributed by atoms with E-state index in [1.54, 1.807) is 0 Å². The van der Waals surface area contributed by atoms with E-state index in [0.717, 1.165) is 12.8 Å². The van der Waals surface area contributed by atoms with Crippen molar-refractivity contribution >= 4 is 27.3 Å². The molecule has 0 radical (unpaired) electrons. The van der Waals surface area contributed by atoms with E-state index >= 15 is 0 Å². The first-order valence-electron chi connectivity index (χ1n) is 6.62. The number of nitrogens with two attached hydrogens (primary N) is 1. The SMILES string of the molecule is CCOC1CCCN(S(=O)(=O)c2ccc(Cl)c(N)c2)C1.